The van der Waals surface area contributed by atoms with E-state index in [9.17, 15) is 9.59 Å². The summed E-state index contributed by atoms with van der Waals surface area (Å²) in [5.74, 6) is -1.12. The molecule has 0 bridgehead atoms. The lowest BCUT2D eigenvalue weighted by Gasteiger charge is -2.11. The van der Waals surface area contributed by atoms with Crippen molar-refractivity contribution in [3.63, 3.8) is 0 Å². The van der Waals surface area contributed by atoms with Crippen molar-refractivity contribution in [3.8, 4) is 0 Å². The maximum Gasteiger partial charge on any atom is 0.334 e. The summed E-state index contributed by atoms with van der Waals surface area (Å²) in [5, 5.41) is 16.2. The van der Waals surface area contributed by atoms with E-state index >= 15 is 0 Å². The van der Waals surface area contributed by atoms with Crippen LogP contribution in [-0.2, 0) is 16.1 Å². The van der Waals surface area contributed by atoms with Crippen LogP contribution in [0.5, 0.6) is 0 Å². The quantitative estimate of drug-likeness (QED) is 0.669. The molecule has 1 aromatic heterocycles. The zero-order valence-electron chi connectivity index (χ0n) is 9.17. The van der Waals surface area contributed by atoms with E-state index in [1.165, 1.54) is 18.4 Å². The van der Waals surface area contributed by atoms with E-state index in [1.807, 2.05) is 0 Å². The summed E-state index contributed by atoms with van der Waals surface area (Å²) >= 11 is 1.43. The summed E-state index contributed by atoms with van der Waals surface area (Å²) in [5.41, 5.74) is 0. The maximum absolute atomic E-state index is 11.3. The largest absolute Gasteiger partial charge is 0.479 e. The number of hydrogen-bond acceptors (Lipinski definition) is 5. The number of hydrogen-bond donors (Lipinski definition) is 3. The van der Waals surface area contributed by atoms with Crippen LogP contribution in [0.25, 0.3) is 0 Å². The van der Waals surface area contributed by atoms with Crippen molar-refractivity contribution in [1.29, 1.82) is 0 Å². The van der Waals surface area contributed by atoms with Gasteiger partial charge in [0.1, 0.15) is 5.01 Å². The third-order valence-corrected chi connectivity index (χ3v) is 2.67. The first-order valence-corrected chi connectivity index (χ1v) is 5.67. The minimum absolute atomic E-state index is 0.0878. The third kappa shape index (κ3) is 4.79. The molecule has 0 aromatic carbocycles. The first kappa shape index (κ1) is 13.4. The van der Waals surface area contributed by atoms with Crippen LogP contribution in [0.15, 0.2) is 11.6 Å². The van der Waals surface area contributed by atoms with Crippen LogP contribution in [-0.4, -0.2) is 41.8 Å². The monoisotopic (exact) mass is 259 g/mol. The minimum atomic E-state index is -1.12. The van der Waals surface area contributed by atoms with E-state index in [0.29, 0.717) is 6.54 Å². The van der Waals surface area contributed by atoms with Crippen LogP contribution in [0.4, 0.5) is 4.79 Å². The van der Waals surface area contributed by atoms with Crippen molar-refractivity contribution in [1.82, 2.24) is 15.6 Å². The summed E-state index contributed by atoms with van der Waals surface area (Å²) in [6, 6.07) is -0.455. The average molecular weight is 259 g/mol. The molecule has 0 saturated carbocycles. The molecule has 8 heteroatoms. The molecule has 2 amide bonds. The molecular formula is C9H13N3O4S. The van der Waals surface area contributed by atoms with Crippen molar-refractivity contribution in [2.45, 2.75) is 12.6 Å². The number of nitrogens with one attached hydrogen (secondary N) is 2. The molecule has 1 rings (SSSR count). The van der Waals surface area contributed by atoms with Gasteiger partial charge in [-0.25, -0.2) is 14.6 Å². The summed E-state index contributed by atoms with van der Waals surface area (Å²) in [7, 11) is 1.27. The Kier molecular flexibility index (Phi) is 5.37. The number of urea groups is 1. The Bertz CT molecular complexity index is 368. The van der Waals surface area contributed by atoms with E-state index in [-0.39, 0.29) is 6.54 Å². The molecule has 7 nitrogen and oxygen atoms in total. The molecular weight excluding hydrogens is 246 g/mol. The van der Waals surface area contributed by atoms with Gasteiger partial charge in [0.2, 0.25) is 0 Å². The number of carboxylic acids is 1. The van der Waals surface area contributed by atoms with Crippen LogP contribution < -0.4 is 10.6 Å². The number of carbonyl (C=O) groups excluding carboxylic acids is 1. The highest BCUT2D eigenvalue weighted by molar-refractivity contribution is 7.09. The van der Waals surface area contributed by atoms with Gasteiger partial charge in [0, 0.05) is 18.7 Å². The number of ether oxygens (including phenoxy) is 1. The first-order chi connectivity index (χ1) is 8.13. The Labute approximate surface area is 102 Å². The highest BCUT2D eigenvalue weighted by atomic mass is 32.1. The molecule has 0 aliphatic rings. The molecule has 1 atom stereocenters. The standard InChI is InChI=1S/C9H13N3O4S/c1-16-6(8(13)14)4-11-9(15)12-5-7-10-2-3-17-7/h2-3,6H,4-5H2,1H3,(H,13,14)(H2,11,12,15). The summed E-state index contributed by atoms with van der Waals surface area (Å²) in [6.07, 6.45) is 0.603. The lowest BCUT2D eigenvalue weighted by atomic mass is 10.3. The Balaban J connectivity index is 2.23. The lowest BCUT2D eigenvalue weighted by Crippen LogP contribution is -2.42. The fraction of sp³-hybridized carbons (Fsp3) is 0.444. The third-order valence-electron chi connectivity index (χ3n) is 1.89. The normalized spacial score (nSPS) is 11.8. The topological polar surface area (TPSA) is 101 Å². The second-order valence-electron chi connectivity index (χ2n) is 3.05. The van der Waals surface area contributed by atoms with E-state index < -0.39 is 18.1 Å². The molecule has 94 valence electrons. The Morgan fingerprint density at radius 2 is 2.35 bits per heavy atom. The Hall–Kier alpha value is -1.67. The van der Waals surface area contributed by atoms with Crippen LogP contribution in [0, 0.1) is 0 Å². The van der Waals surface area contributed by atoms with Gasteiger partial charge in [-0.2, -0.15) is 0 Å². The SMILES string of the molecule is COC(CNC(=O)NCc1nccs1)C(=O)O. The average Bonchev–Trinajstić information content (AvgIpc) is 2.79. The number of carbonyl (C=O) groups is 2. The number of methoxy groups -OCH3 is 1. The molecule has 1 unspecified atom stereocenters. The van der Waals surface area contributed by atoms with Crippen molar-refractivity contribution >= 4 is 23.3 Å². The van der Waals surface area contributed by atoms with Crippen molar-refractivity contribution < 1.29 is 19.4 Å². The lowest BCUT2D eigenvalue weighted by molar-refractivity contribution is -0.147. The molecule has 0 fully saturated rings. The second-order valence-corrected chi connectivity index (χ2v) is 4.03. The van der Waals surface area contributed by atoms with Gasteiger partial charge >= 0.3 is 12.0 Å². The summed E-state index contributed by atoms with van der Waals surface area (Å²) in [6.45, 7) is 0.226. The molecule has 0 aliphatic heterocycles. The van der Waals surface area contributed by atoms with Gasteiger partial charge in [0.15, 0.2) is 6.10 Å². The molecule has 0 radical (unpaired) electrons. The molecule has 0 spiro atoms. The van der Waals surface area contributed by atoms with Crippen LogP contribution >= 0.6 is 11.3 Å². The zero-order valence-corrected chi connectivity index (χ0v) is 9.99. The molecule has 1 aromatic rings. The van der Waals surface area contributed by atoms with E-state index in [4.69, 9.17) is 5.11 Å². The molecule has 17 heavy (non-hydrogen) atoms. The predicted octanol–water partition coefficient (Wildman–Crippen LogP) is 0.0419. The van der Waals surface area contributed by atoms with Crippen molar-refractivity contribution in [3.05, 3.63) is 16.6 Å². The van der Waals surface area contributed by atoms with Gasteiger partial charge in [-0.3, -0.25) is 0 Å². The molecule has 0 saturated heterocycles. The number of aliphatic carboxylic acids is 1. The van der Waals surface area contributed by atoms with Gasteiger partial charge in [-0.15, -0.1) is 11.3 Å². The van der Waals surface area contributed by atoms with Crippen LogP contribution in [0.3, 0.4) is 0 Å². The predicted molar refractivity (Wildman–Crippen MR) is 60.8 cm³/mol. The second kappa shape index (κ2) is 6.81. The number of amides is 2. The van der Waals surface area contributed by atoms with Crippen molar-refractivity contribution in [2.75, 3.05) is 13.7 Å². The number of nitrogens with zero attached hydrogens (tertiary/aromatic N) is 1. The Morgan fingerprint density at radius 1 is 1.59 bits per heavy atom. The fourth-order valence-electron chi connectivity index (χ4n) is 1.02. The first-order valence-electron chi connectivity index (χ1n) is 4.79. The zero-order chi connectivity index (χ0) is 12.7. The summed E-state index contributed by atoms with van der Waals surface area (Å²) in [4.78, 5) is 25.9. The van der Waals surface area contributed by atoms with Gasteiger partial charge < -0.3 is 20.5 Å². The highest BCUT2D eigenvalue weighted by Crippen LogP contribution is 2.02. The number of rotatable bonds is 6. The van der Waals surface area contributed by atoms with Crippen LogP contribution in [0.2, 0.25) is 0 Å². The van der Waals surface area contributed by atoms with Gasteiger partial charge in [-0.1, -0.05) is 0 Å². The maximum atomic E-state index is 11.3. The molecule has 1 heterocycles. The molecule has 3 N–H and O–H groups in total. The van der Waals surface area contributed by atoms with E-state index in [0.717, 1.165) is 5.01 Å². The Morgan fingerprint density at radius 3 is 2.88 bits per heavy atom. The number of carboxylic acid groups (broad SMARTS) is 1. The van der Waals surface area contributed by atoms with E-state index in [2.05, 4.69) is 20.4 Å². The number of thiazole rings is 1. The van der Waals surface area contributed by atoms with Crippen molar-refractivity contribution in [2.24, 2.45) is 0 Å². The molecule has 0 aliphatic carbocycles. The fourth-order valence-corrected chi connectivity index (χ4v) is 1.57. The minimum Gasteiger partial charge on any atom is -0.479 e. The van der Waals surface area contributed by atoms with Gasteiger partial charge in [0.05, 0.1) is 13.1 Å². The number of aromatic nitrogens is 1. The van der Waals surface area contributed by atoms with Crippen LogP contribution in [0.1, 0.15) is 5.01 Å². The van der Waals surface area contributed by atoms with Gasteiger partial charge in [0.25, 0.3) is 0 Å². The van der Waals surface area contributed by atoms with E-state index in [1.54, 1.807) is 11.6 Å². The van der Waals surface area contributed by atoms with Gasteiger partial charge in [-0.05, 0) is 0 Å². The highest BCUT2D eigenvalue weighted by Gasteiger charge is 2.16. The summed E-state index contributed by atoms with van der Waals surface area (Å²) < 4.78 is 4.66. The smallest absolute Gasteiger partial charge is 0.334 e.